The number of esters is 1. The Labute approximate surface area is 161 Å². The predicted molar refractivity (Wildman–Crippen MR) is 99.8 cm³/mol. The Bertz CT molecular complexity index is 908. The van der Waals surface area contributed by atoms with Crippen LogP contribution in [-0.4, -0.2) is 43.1 Å². The zero-order valence-corrected chi connectivity index (χ0v) is 15.4. The number of nitriles is 1. The molecule has 3 rings (SSSR count). The quantitative estimate of drug-likeness (QED) is 0.813. The van der Waals surface area contributed by atoms with Gasteiger partial charge in [-0.05, 0) is 36.8 Å². The van der Waals surface area contributed by atoms with Crippen LogP contribution >= 0.6 is 11.6 Å². The zero-order valence-electron chi connectivity index (χ0n) is 14.6. The average Bonchev–Trinajstić information content (AvgIpc) is 3.15. The molecular weight excluding hydrogens is 368 g/mol. The Kier molecular flexibility index (Phi) is 5.57. The minimum absolute atomic E-state index is 0.0333. The molecule has 8 heteroatoms. The van der Waals surface area contributed by atoms with Gasteiger partial charge in [0.2, 0.25) is 0 Å². The second-order valence-electron chi connectivity index (χ2n) is 6.10. The maximum Gasteiger partial charge on any atom is 0.339 e. The molecule has 2 heterocycles. The van der Waals surface area contributed by atoms with Crippen molar-refractivity contribution in [1.82, 2.24) is 10.3 Å². The number of hydrogen-bond donors (Lipinski definition) is 1. The summed E-state index contributed by atoms with van der Waals surface area (Å²) in [6, 6.07) is 10.3. The summed E-state index contributed by atoms with van der Waals surface area (Å²) in [5.74, 6) is -0.793. The van der Waals surface area contributed by atoms with Gasteiger partial charge in [0.15, 0.2) is 0 Å². The SMILES string of the molecule is COC(=O)c1ccc(C(=O)N[C@@H]2CCN(c3ccc(C#N)c(Cl)c3)C2)nc1. The van der Waals surface area contributed by atoms with E-state index in [-0.39, 0.29) is 17.6 Å². The van der Waals surface area contributed by atoms with Gasteiger partial charge in [-0.1, -0.05) is 11.6 Å². The van der Waals surface area contributed by atoms with E-state index < -0.39 is 5.97 Å². The predicted octanol–water partition coefficient (Wildman–Crippen LogP) is 2.40. The normalized spacial score (nSPS) is 15.9. The number of halogens is 1. The van der Waals surface area contributed by atoms with E-state index in [2.05, 4.69) is 19.9 Å². The third-order valence-corrected chi connectivity index (χ3v) is 4.69. The van der Waals surface area contributed by atoms with Crippen LogP contribution in [0.4, 0.5) is 5.69 Å². The largest absolute Gasteiger partial charge is 0.465 e. The number of rotatable bonds is 4. The molecule has 1 aliphatic heterocycles. The van der Waals surface area contributed by atoms with Crippen molar-refractivity contribution in [3.8, 4) is 6.07 Å². The Hall–Kier alpha value is -3.11. The molecule has 1 amide bonds. The molecule has 0 spiro atoms. The number of aromatic nitrogens is 1. The van der Waals surface area contributed by atoms with Gasteiger partial charge >= 0.3 is 5.97 Å². The van der Waals surface area contributed by atoms with Crippen LogP contribution in [0.5, 0.6) is 0 Å². The number of carbonyl (C=O) groups is 2. The van der Waals surface area contributed by atoms with Crippen LogP contribution in [0.2, 0.25) is 5.02 Å². The number of benzene rings is 1. The molecule has 0 bridgehead atoms. The van der Waals surface area contributed by atoms with E-state index in [1.165, 1.54) is 25.4 Å². The number of hydrogen-bond acceptors (Lipinski definition) is 6. The standard InChI is InChI=1S/C19H17ClN4O3/c1-27-19(26)13-3-5-17(22-10-13)18(25)23-14-6-7-24(11-14)15-4-2-12(9-21)16(20)8-15/h2-5,8,10,14H,6-7,11H2,1H3,(H,23,25)/t14-/m1/s1. The molecule has 2 aromatic rings. The van der Waals surface area contributed by atoms with E-state index in [4.69, 9.17) is 16.9 Å². The highest BCUT2D eigenvalue weighted by Crippen LogP contribution is 2.26. The van der Waals surface area contributed by atoms with Crippen molar-refractivity contribution >= 4 is 29.2 Å². The number of methoxy groups -OCH3 is 1. The smallest absolute Gasteiger partial charge is 0.339 e. The van der Waals surface area contributed by atoms with E-state index in [0.29, 0.717) is 22.7 Å². The molecule has 0 saturated carbocycles. The number of anilines is 1. The molecule has 138 valence electrons. The number of nitrogens with one attached hydrogen (secondary N) is 1. The van der Waals surface area contributed by atoms with Crippen LogP contribution < -0.4 is 10.2 Å². The summed E-state index contributed by atoms with van der Waals surface area (Å²) < 4.78 is 4.61. The summed E-state index contributed by atoms with van der Waals surface area (Å²) in [5.41, 5.74) is 1.88. The molecule has 0 unspecified atom stereocenters. The van der Waals surface area contributed by atoms with Crippen LogP contribution in [0, 0.1) is 11.3 Å². The number of nitrogens with zero attached hydrogens (tertiary/aromatic N) is 3. The Morgan fingerprint density at radius 3 is 2.81 bits per heavy atom. The topological polar surface area (TPSA) is 95.3 Å². The van der Waals surface area contributed by atoms with E-state index in [9.17, 15) is 9.59 Å². The van der Waals surface area contributed by atoms with Gasteiger partial charge in [-0.3, -0.25) is 9.78 Å². The Balaban J connectivity index is 1.61. The van der Waals surface area contributed by atoms with E-state index in [1.807, 2.05) is 12.1 Å². The lowest BCUT2D eigenvalue weighted by atomic mass is 10.2. The van der Waals surface area contributed by atoms with Gasteiger partial charge < -0.3 is 15.0 Å². The van der Waals surface area contributed by atoms with Gasteiger partial charge in [-0.2, -0.15) is 5.26 Å². The molecule has 1 atom stereocenters. The van der Waals surface area contributed by atoms with E-state index in [0.717, 1.165) is 18.7 Å². The fourth-order valence-electron chi connectivity index (χ4n) is 2.93. The van der Waals surface area contributed by atoms with Crippen molar-refractivity contribution in [3.05, 3.63) is 58.4 Å². The summed E-state index contributed by atoms with van der Waals surface area (Å²) in [6.45, 7) is 1.40. The lowest BCUT2D eigenvalue weighted by Gasteiger charge is -2.19. The van der Waals surface area contributed by atoms with Gasteiger partial charge in [-0.25, -0.2) is 4.79 Å². The number of ether oxygens (including phenoxy) is 1. The Morgan fingerprint density at radius 2 is 2.19 bits per heavy atom. The second kappa shape index (κ2) is 8.06. The molecule has 1 fully saturated rings. The van der Waals surface area contributed by atoms with E-state index in [1.54, 1.807) is 12.1 Å². The van der Waals surface area contributed by atoms with Crippen molar-refractivity contribution in [3.63, 3.8) is 0 Å². The van der Waals surface area contributed by atoms with Gasteiger partial charge in [-0.15, -0.1) is 0 Å². The molecule has 1 aliphatic rings. The minimum atomic E-state index is -0.498. The molecular formula is C19H17ClN4O3. The second-order valence-corrected chi connectivity index (χ2v) is 6.51. The summed E-state index contributed by atoms with van der Waals surface area (Å²) in [5, 5.41) is 12.3. The van der Waals surface area contributed by atoms with E-state index >= 15 is 0 Å². The highest BCUT2D eigenvalue weighted by Gasteiger charge is 2.25. The first-order valence-electron chi connectivity index (χ1n) is 8.31. The molecule has 1 saturated heterocycles. The van der Waals surface area contributed by atoms with Crippen LogP contribution in [0.1, 0.15) is 32.8 Å². The van der Waals surface area contributed by atoms with Gasteiger partial charge in [0.25, 0.3) is 5.91 Å². The highest BCUT2D eigenvalue weighted by molar-refractivity contribution is 6.32. The van der Waals surface area contributed by atoms with Crippen LogP contribution in [0.15, 0.2) is 36.5 Å². The van der Waals surface area contributed by atoms with Crippen LogP contribution in [0.25, 0.3) is 0 Å². The third-order valence-electron chi connectivity index (χ3n) is 4.38. The van der Waals surface area contributed by atoms with Gasteiger partial charge in [0.05, 0.1) is 23.3 Å². The number of pyridine rings is 1. The summed E-state index contributed by atoms with van der Waals surface area (Å²) >= 11 is 6.09. The molecule has 1 aromatic heterocycles. The zero-order chi connectivity index (χ0) is 19.4. The minimum Gasteiger partial charge on any atom is -0.465 e. The molecule has 0 aliphatic carbocycles. The van der Waals surface area contributed by atoms with Crippen molar-refractivity contribution in [1.29, 1.82) is 5.26 Å². The molecule has 1 N–H and O–H groups in total. The van der Waals surface area contributed by atoms with Crippen LogP contribution in [-0.2, 0) is 4.74 Å². The molecule has 1 aromatic carbocycles. The summed E-state index contributed by atoms with van der Waals surface area (Å²) in [6.07, 6.45) is 2.10. The third kappa shape index (κ3) is 4.18. The van der Waals surface area contributed by atoms with Crippen molar-refractivity contribution in [2.24, 2.45) is 0 Å². The van der Waals surface area contributed by atoms with Gasteiger partial charge in [0, 0.05) is 31.0 Å². The van der Waals surface area contributed by atoms with Crippen molar-refractivity contribution in [2.75, 3.05) is 25.1 Å². The maximum atomic E-state index is 12.4. The first-order valence-corrected chi connectivity index (χ1v) is 8.69. The monoisotopic (exact) mass is 384 g/mol. The fourth-order valence-corrected chi connectivity index (χ4v) is 3.15. The van der Waals surface area contributed by atoms with Crippen LogP contribution in [0.3, 0.4) is 0 Å². The lowest BCUT2D eigenvalue weighted by molar-refractivity contribution is 0.0599. The fraction of sp³-hybridized carbons (Fsp3) is 0.263. The number of carbonyl (C=O) groups excluding carboxylic acids is 2. The molecule has 27 heavy (non-hydrogen) atoms. The molecule has 7 nitrogen and oxygen atoms in total. The van der Waals surface area contributed by atoms with Crippen molar-refractivity contribution in [2.45, 2.75) is 12.5 Å². The first-order chi connectivity index (χ1) is 13.0. The molecule has 0 radical (unpaired) electrons. The van der Waals surface area contributed by atoms with Crippen molar-refractivity contribution < 1.29 is 14.3 Å². The summed E-state index contributed by atoms with van der Waals surface area (Å²) in [4.78, 5) is 29.9. The highest BCUT2D eigenvalue weighted by atomic mass is 35.5. The average molecular weight is 385 g/mol. The maximum absolute atomic E-state index is 12.4. The summed E-state index contributed by atoms with van der Waals surface area (Å²) in [7, 11) is 1.29. The first kappa shape index (κ1) is 18.7. The Morgan fingerprint density at radius 1 is 1.37 bits per heavy atom. The number of amides is 1. The lowest BCUT2D eigenvalue weighted by Crippen LogP contribution is -2.37. The van der Waals surface area contributed by atoms with Gasteiger partial charge in [0.1, 0.15) is 11.8 Å².